The number of nitrogens with one attached hydrogen (secondary N) is 2. The lowest BCUT2D eigenvalue weighted by atomic mass is 10.1. The van der Waals surface area contributed by atoms with Crippen LogP contribution in [0, 0.1) is 5.82 Å². The molecule has 0 fully saturated rings. The van der Waals surface area contributed by atoms with Gasteiger partial charge in [-0.1, -0.05) is 24.3 Å². The summed E-state index contributed by atoms with van der Waals surface area (Å²) < 4.78 is 82.0. The summed E-state index contributed by atoms with van der Waals surface area (Å²) in [6, 6.07) is 6.63. The highest BCUT2D eigenvalue weighted by molar-refractivity contribution is 7.89. The first-order valence-electron chi connectivity index (χ1n) is 9.62. The van der Waals surface area contributed by atoms with Crippen LogP contribution in [0.2, 0.25) is 0 Å². The number of nitrogens with zero attached hydrogens (tertiary/aromatic N) is 2. The van der Waals surface area contributed by atoms with E-state index in [0.717, 1.165) is 18.2 Å². The lowest BCUT2D eigenvalue weighted by Gasteiger charge is -2.22. The number of hydrogen-bond acceptors (Lipinski definition) is 4. The summed E-state index contributed by atoms with van der Waals surface area (Å²) in [7, 11) is -3.02. The fourth-order valence-electron chi connectivity index (χ4n) is 3.16. The topological polar surface area (TPSA) is 93.1 Å². The Morgan fingerprint density at radius 1 is 1.09 bits per heavy atom. The Balaban J connectivity index is 1.85. The van der Waals surface area contributed by atoms with Gasteiger partial charge >= 0.3 is 6.18 Å². The van der Waals surface area contributed by atoms with Crippen LogP contribution in [-0.2, 0) is 28.0 Å². The quantitative estimate of drug-likeness (QED) is 0.504. The number of benzene rings is 2. The molecule has 0 saturated heterocycles. The van der Waals surface area contributed by atoms with Gasteiger partial charge in [-0.2, -0.15) is 17.9 Å². The van der Waals surface area contributed by atoms with Crippen LogP contribution < -0.4 is 10.0 Å². The summed E-state index contributed by atoms with van der Waals surface area (Å²) in [5.41, 5.74) is -0.876. The minimum Gasteiger partial charge on any atom is -0.341 e. The highest BCUT2D eigenvalue weighted by atomic mass is 32.2. The van der Waals surface area contributed by atoms with Gasteiger partial charge in [-0.25, -0.2) is 17.8 Å². The summed E-state index contributed by atoms with van der Waals surface area (Å²) in [6.07, 6.45) is -1.79. The molecule has 12 heteroatoms. The van der Waals surface area contributed by atoms with Gasteiger partial charge in [0.1, 0.15) is 17.7 Å². The number of halogens is 4. The van der Waals surface area contributed by atoms with Gasteiger partial charge in [0.2, 0.25) is 15.9 Å². The molecule has 0 aliphatic carbocycles. The van der Waals surface area contributed by atoms with Crippen LogP contribution in [0.5, 0.6) is 0 Å². The Kier molecular flexibility index (Phi) is 6.89. The lowest BCUT2D eigenvalue weighted by molar-refractivity contribution is -0.139. The molecule has 33 heavy (non-hydrogen) atoms. The maximum absolute atomic E-state index is 13.4. The van der Waals surface area contributed by atoms with Crippen molar-refractivity contribution in [1.29, 1.82) is 0 Å². The lowest BCUT2D eigenvalue weighted by Crippen LogP contribution is -2.46. The van der Waals surface area contributed by atoms with E-state index in [9.17, 15) is 30.8 Å². The number of sulfonamides is 1. The SMILES string of the molecule is C[C@H](NS(=O)(=O)c1ccccc1C(F)(F)F)C(=O)NC(c1ccc(F)cc1)c1nccn1C. The molecule has 3 rings (SSSR count). The molecule has 1 heterocycles. The first kappa shape index (κ1) is 24.4. The highest BCUT2D eigenvalue weighted by Crippen LogP contribution is 2.34. The van der Waals surface area contributed by atoms with E-state index >= 15 is 0 Å². The van der Waals surface area contributed by atoms with Crippen LogP contribution in [0.25, 0.3) is 0 Å². The molecule has 7 nitrogen and oxygen atoms in total. The number of alkyl halides is 3. The third kappa shape index (κ3) is 5.57. The first-order chi connectivity index (χ1) is 15.4. The molecular weight excluding hydrogens is 464 g/mol. The molecule has 3 aromatic rings. The monoisotopic (exact) mass is 484 g/mol. The minimum atomic E-state index is -4.90. The molecule has 0 aliphatic rings. The molecule has 0 saturated carbocycles. The normalized spacial score (nSPS) is 14.0. The fraction of sp³-hybridized carbons (Fsp3) is 0.238. The van der Waals surface area contributed by atoms with Crippen molar-refractivity contribution < 1.29 is 30.8 Å². The van der Waals surface area contributed by atoms with Crippen molar-refractivity contribution in [3.63, 3.8) is 0 Å². The number of hydrogen-bond donors (Lipinski definition) is 2. The first-order valence-corrected chi connectivity index (χ1v) is 11.1. The van der Waals surface area contributed by atoms with Gasteiger partial charge in [-0.3, -0.25) is 4.79 Å². The number of carbonyl (C=O) groups is 1. The molecule has 0 bridgehead atoms. The largest absolute Gasteiger partial charge is 0.417 e. The smallest absolute Gasteiger partial charge is 0.341 e. The van der Waals surface area contributed by atoms with Crippen LogP contribution in [0.4, 0.5) is 17.6 Å². The van der Waals surface area contributed by atoms with Gasteiger partial charge in [-0.05, 0) is 36.8 Å². The molecule has 0 aliphatic heterocycles. The van der Waals surface area contributed by atoms with Crippen molar-refractivity contribution in [2.75, 3.05) is 0 Å². The molecule has 2 atom stereocenters. The molecule has 176 valence electrons. The molecule has 0 spiro atoms. The van der Waals surface area contributed by atoms with Crippen molar-refractivity contribution >= 4 is 15.9 Å². The molecular formula is C21H20F4N4O3S. The van der Waals surface area contributed by atoms with E-state index < -0.39 is 50.5 Å². The molecule has 0 radical (unpaired) electrons. The predicted octanol–water partition coefficient (Wildman–Crippen LogP) is 3.15. The fourth-order valence-corrected chi connectivity index (χ4v) is 4.59. The Hall–Kier alpha value is -3.25. The number of amides is 1. The second-order valence-corrected chi connectivity index (χ2v) is 8.91. The maximum Gasteiger partial charge on any atom is 0.417 e. The number of rotatable bonds is 7. The van der Waals surface area contributed by atoms with Crippen molar-refractivity contribution in [3.8, 4) is 0 Å². The maximum atomic E-state index is 13.4. The van der Waals surface area contributed by atoms with Crippen molar-refractivity contribution in [3.05, 3.63) is 83.7 Å². The Morgan fingerprint density at radius 3 is 2.30 bits per heavy atom. The molecule has 1 aromatic heterocycles. The Bertz CT molecular complexity index is 1240. The molecule has 1 amide bonds. The molecule has 1 unspecified atom stereocenters. The third-order valence-electron chi connectivity index (χ3n) is 4.81. The summed E-state index contributed by atoms with van der Waals surface area (Å²) in [6.45, 7) is 1.20. The third-order valence-corrected chi connectivity index (χ3v) is 6.41. The zero-order valence-electron chi connectivity index (χ0n) is 17.5. The van der Waals surface area contributed by atoms with E-state index in [2.05, 4.69) is 10.3 Å². The van der Waals surface area contributed by atoms with Crippen molar-refractivity contribution in [1.82, 2.24) is 19.6 Å². The van der Waals surface area contributed by atoms with Crippen molar-refractivity contribution in [2.24, 2.45) is 7.05 Å². The average Bonchev–Trinajstić information content (AvgIpc) is 3.17. The Morgan fingerprint density at radius 2 is 1.73 bits per heavy atom. The summed E-state index contributed by atoms with van der Waals surface area (Å²) in [5.74, 6) is -0.930. The van der Waals surface area contributed by atoms with Gasteiger partial charge in [-0.15, -0.1) is 0 Å². The van der Waals surface area contributed by atoms with Gasteiger partial charge in [0, 0.05) is 19.4 Å². The van der Waals surface area contributed by atoms with E-state index in [0.29, 0.717) is 17.5 Å². The van der Waals surface area contributed by atoms with Crippen LogP contribution >= 0.6 is 0 Å². The number of aryl methyl sites for hydroxylation is 1. The van der Waals surface area contributed by atoms with Gasteiger partial charge in [0.05, 0.1) is 16.5 Å². The zero-order valence-corrected chi connectivity index (χ0v) is 18.3. The van der Waals surface area contributed by atoms with Gasteiger partial charge < -0.3 is 9.88 Å². The summed E-state index contributed by atoms with van der Waals surface area (Å²) >= 11 is 0. The highest BCUT2D eigenvalue weighted by Gasteiger charge is 2.37. The van der Waals surface area contributed by atoms with Gasteiger partial charge in [0.25, 0.3) is 0 Å². The second-order valence-electron chi connectivity index (χ2n) is 7.23. The van der Waals surface area contributed by atoms with Crippen LogP contribution in [-0.4, -0.2) is 29.9 Å². The zero-order chi connectivity index (χ0) is 24.4. The second kappa shape index (κ2) is 9.32. The standard InChI is InChI=1S/C21H20F4N4O3S/c1-13(28-33(31,32)17-6-4-3-5-16(17)21(23,24)25)20(30)27-18(19-26-11-12-29(19)2)14-7-9-15(22)10-8-14/h3-13,18,28H,1-2H3,(H,27,30)/t13-,18?/m0/s1. The number of aromatic nitrogens is 2. The summed E-state index contributed by atoms with van der Waals surface area (Å²) in [5, 5.41) is 2.62. The predicted molar refractivity (Wildman–Crippen MR) is 111 cm³/mol. The molecule has 2 N–H and O–H groups in total. The van der Waals surface area contributed by atoms with E-state index in [1.54, 1.807) is 17.8 Å². The van der Waals surface area contributed by atoms with E-state index in [1.807, 2.05) is 4.72 Å². The number of carbonyl (C=O) groups excluding carboxylic acids is 1. The van der Waals surface area contributed by atoms with E-state index in [1.165, 1.54) is 37.4 Å². The minimum absolute atomic E-state index is 0.382. The van der Waals surface area contributed by atoms with E-state index in [4.69, 9.17) is 0 Å². The van der Waals surface area contributed by atoms with Crippen LogP contribution in [0.3, 0.4) is 0 Å². The molecule has 2 aromatic carbocycles. The van der Waals surface area contributed by atoms with Crippen molar-refractivity contribution in [2.45, 2.75) is 30.1 Å². The van der Waals surface area contributed by atoms with Gasteiger partial charge in [0.15, 0.2) is 0 Å². The average molecular weight is 484 g/mol. The van der Waals surface area contributed by atoms with E-state index in [-0.39, 0.29) is 0 Å². The van der Waals surface area contributed by atoms with Crippen LogP contribution in [0.15, 0.2) is 65.8 Å². The number of imidazole rings is 1. The summed E-state index contributed by atoms with van der Waals surface area (Å²) in [4.78, 5) is 16.0. The Labute approximate surface area is 187 Å². The van der Waals surface area contributed by atoms with Crippen LogP contribution in [0.1, 0.15) is 29.9 Å².